The molecule has 0 radical (unpaired) electrons. The summed E-state index contributed by atoms with van der Waals surface area (Å²) in [6, 6.07) is 16.3. The van der Waals surface area contributed by atoms with Gasteiger partial charge in [-0.1, -0.05) is 18.2 Å². The molecular weight excluding hydrogens is 354 g/mol. The summed E-state index contributed by atoms with van der Waals surface area (Å²) >= 11 is 1.71. The number of hydrogen-bond donors (Lipinski definition) is 1. The molecule has 2 heterocycles. The molecule has 1 aromatic heterocycles. The van der Waals surface area contributed by atoms with Gasteiger partial charge in [-0.15, -0.1) is 11.8 Å². The Labute approximate surface area is 163 Å². The standard InChI is InChI=1S/C22H23N3OS/c1-14-10-20(24-21-12-18(27-2)6-7-19(14)21)15-4-3-5-16(11-15)22(26)25-9-8-17(23)13-25/h3-7,10-12,17H,8-9,13,23H2,1-2H3/t17-/m1/s1. The maximum absolute atomic E-state index is 12.8. The lowest BCUT2D eigenvalue weighted by Gasteiger charge is -2.16. The van der Waals surface area contributed by atoms with Gasteiger partial charge in [-0.05, 0) is 55.5 Å². The molecule has 27 heavy (non-hydrogen) atoms. The number of likely N-dealkylation sites (tertiary alicyclic amines) is 1. The molecule has 5 heteroatoms. The van der Waals surface area contributed by atoms with Crippen LogP contribution in [-0.4, -0.2) is 41.2 Å². The number of benzene rings is 2. The third-order valence-electron chi connectivity index (χ3n) is 5.14. The van der Waals surface area contributed by atoms with Crippen molar-refractivity contribution >= 4 is 28.6 Å². The summed E-state index contributed by atoms with van der Waals surface area (Å²) < 4.78 is 0. The highest BCUT2D eigenvalue weighted by Crippen LogP contribution is 2.28. The Kier molecular flexibility index (Phi) is 4.89. The van der Waals surface area contributed by atoms with Gasteiger partial charge < -0.3 is 10.6 Å². The maximum atomic E-state index is 12.8. The number of aromatic nitrogens is 1. The number of rotatable bonds is 3. The van der Waals surface area contributed by atoms with Crippen LogP contribution >= 0.6 is 11.8 Å². The number of thioether (sulfide) groups is 1. The summed E-state index contributed by atoms with van der Waals surface area (Å²) in [6.45, 7) is 3.47. The lowest BCUT2D eigenvalue weighted by molar-refractivity contribution is 0.0791. The minimum atomic E-state index is 0.0481. The van der Waals surface area contributed by atoms with Gasteiger partial charge in [0.1, 0.15) is 0 Å². The van der Waals surface area contributed by atoms with Gasteiger partial charge >= 0.3 is 0 Å². The predicted octanol–water partition coefficient (Wildman–Crippen LogP) is 4.11. The van der Waals surface area contributed by atoms with Crippen LogP contribution in [0.1, 0.15) is 22.3 Å². The molecule has 1 fully saturated rings. The highest BCUT2D eigenvalue weighted by atomic mass is 32.2. The van der Waals surface area contributed by atoms with Crippen molar-refractivity contribution in [3.63, 3.8) is 0 Å². The van der Waals surface area contributed by atoms with E-state index in [2.05, 4.69) is 37.4 Å². The second-order valence-electron chi connectivity index (χ2n) is 7.09. The molecule has 1 aliphatic heterocycles. The Morgan fingerprint density at radius 3 is 2.81 bits per heavy atom. The van der Waals surface area contributed by atoms with Gasteiger partial charge in [-0.3, -0.25) is 4.79 Å². The van der Waals surface area contributed by atoms with Crippen LogP contribution in [0.5, 0.6) is 0 Å². The van der Waals surface area contributed by atoms with Crippen LogP contribution in [0.2, 0.25) is 0 Å². The Bertz CT molecular complexity index is 1020. The number of carbonyl (C=O) groups is 1. The largest absolute Gasteiger partial charge is 0.337 e. The highest BCUT2D eigenvalue weighted by molar-refractivity contribution is 7.98. The van der Waals surface area contributed by atoms with Gasteiger partial charge in [0.05, 0.1) is 11.2 Å². The summed E-state index contributed by atoms with van der Waals surface area (Å²) in [6.07, 6.45) is 2.94. The van der Waals surface area contributed by atoms with E-state index in [4.69, 9.17) is 10.7 Å². The zero-order valence-electron chi connectivity index (χ0n) is 15.6. The Hall–Kier alpha value is -2.37. The van der Waals surface area contributed by atoms with Crippen molar-refractivity contribution in [2.45, 2.75) is 24.3 Å². The van der Waals surface area contributed by atoms with Crippen LogP contribution < -0.4 is 5.73 Å². The van der Waals surface area contributed by atoms with E-state index in [-0.39, 0.29) is 11.9 Å². The van der Waals surface area contributed by atoms with Crippen LogP contribution in [0.3, 0.4) is 0 Å². The molecular formula is C22H23N3OS. The van der Waals surface area contributed by atoms with Gasteiger partial charge in [0, 0.05) is 40.5 Å². The van der Waals surface area contributed by atoms with Crippen molar-refractivity contribution in [2.75, 3.05) is 19.3 Å². The molecule has 0 bridgehead atoms. The Morgan fingerprint density at radius 1 is 1.22 bits per heavy atom. The van der Waals surface area contributed by atoms with Crippen LogP contribution in [0.25, 0.3) is 22.2 Å². The fraction of sp³-hybridized carbons (Fsp3) is 0.273. The van der Waals surface area contributed by atoms with Crippen LogP contribution in [0.4, 0.5) is 0 Å². The monoisotopic (exact) mass is 377 g/mol. The first kappa shape index (κ1) is 18.0. The van der Waals surface area contributed by atoms with E-state index in [0.29, 0.717) is 12.1 Å². The highest BCUT2D eigenvalue weighted by Gasteiger charge is 2.24. The van der Waals surface area contributed by atoms with Crippen LogP contribution in [-0.2, 0) is 0 Å². The number of carbonyl (C=O) groups excluding carboxylic acids is 1. The van der Waals surface area contributed by atoms with Crippen molar-refractivity contribution in [1.29, 1.82) is 0 Å². The van der Waals surface area contributed by atoms with Gasteiger partial charge in [-0.25, -0.2) is 4.98 Å². The fourth-order valence-electron chi connectivity index (χ4n) is 3.62. The number of hydrogen-bond acceptors (Lipinski definition) is 4. The zero-order valence-corrected chi connectivity index (χ0v) is 16.4. The van der Waals surface area contributed by atoms with Crippen molar-refractivity contribution in [3.05, 3.63) is 59.7 Å². The summed E-state index contributed by atoms with van der Waals surface area (Å²) in [4.78, 5) is 20.7. The third-order valence-corrected chi connectivity index (χ3v) is 5.87. The van der Waals surface area contributed by atoms with E-state index >= 15 is 0 Å². The molecule has 138 valence electrons. The van der Waals surface area contributed by atoms with Gasteiger partial charge in [-0.2, -0.15) is 0 Å². The molecule has 4 rings (SSSR count). The SMILES string of the molecule is CSc1ccc2c(C)cc(-c3cccc(C(=O)N4CC[C@@H](N)C4)c3)nc2c1. The summed E-state index contributed by atoms with van der Waals surface area (Å²) in [5.41, 5.74) is 10.7. The summed E-state index contributed by atoms with van der Waals surface area (Å²) in [5.74, 6) is 0.0481. The maximum Gasteiger partial charge on any atom is 0.253 e. The van der Waals surface area contributed by atoms with E-state index in [0.717, 1.165) is 35.1 Å². The van der Waals surface area contributed by atoms with E-state index in [9.17, 15) is 4.79 Å². The molecule has 1 atom stereocenters. The van der Waals surface area contributed by atoms with E-state index in [1.807, 2.05) is 29.2 Å². The van der Waals surface area contributed by atoms with E-state index in [1.54, 1.807) is 11.8 Å². The van der Waals surface area contributed by atoms with Crippen molar-refractivity contribution in [3.8, 4) is 11.3 Å². The molecule has 4 nitrogen and oxygen atoms in total. The number of nitrogens with zero attached hydrogens (tertiary/aromatic N) is 2. The molecule has 1 saturated heterocycles. The van der Waals surface area contributed by atoms with Crippen LogP contribution in [0.15, 0.2) is 53.4 Å². The number of nitrogens with two attached hydrogens (primary N) is 1. The van der Waals surface area contributed by atoms with Crippen molar-refractivity contribution < 1.29 is 4.79 Å². The number of fused-ring (bicyclic) bond motifs is 1. The lowest BCUT2D eigenvalue weighted by Crippen LogP contribution is -2.31. The molecule has 3 aromatic rings. The average Bonchev–Trinajstić information content (AvgIpc) is 3.13. The average molecular weight is 378 g/mol. The lowest BCUT2D eigenvalue weighted by atomic mass is 10.0. The first-order chi connectivity index (χ1) is 13.0. The molecule has 0 unspecified atom stereocenters. The normalized spacial score (nSPS) is 16.9. The van der Waals surface area contributed by atoms with Crippen molar-refractivity contribution in [1.82, 2.24) is 9.88 Å². The molecule has 1 aliphatic rings. The molecule has 0 saturated carbocycles. The molecule has 0 aliphatic carbocycles. The van der Waals surface area contributed by atoms with Gasteiger partial charge in [0.2, 0.25) is 0 Å². The molecule has 1 amide bonds. The number of amides is 1. The molecule has 2 N–H and O–H groups in total. The third kappa shape index (κ3) is 3.57. The zero-order chi connectivity index (χ0) is 19.0. The fourth-order valence-corrected chi connectivity index (χ4v) is 4.06. The second kappa shape index (κ2) is 7.33. The van der Waals surface area contributed by atoms with Crippen molar-refractivity contribution in [2.24, 2.45) is 5.73 Å². The second-order valence-corrected chi connectivity index (χ2v) is 7.97. The van der Waals surface area contributed by atoms with Crippen LogP contribution in [0, 0.1) is 6.92 Å². The first-order valence-electron chi connectivity index (χ1n) is 9.16. The Balaban J connectivity index is 1.72. The number of pyridine rings is 1. The van der Waals surface area contributed by atoms with E-state index < -0.39 is 0 Å². The molecule has 0 spiro atoms. The smallest absolute Gasteiger partial charge is 0.253 e. The minimum absolute atomic E-state index is 0.0481. The summed E-state index contributed by atoms with van der Waals surface area (Å²) in [5, 5.41) is 1.16. The van der Waals surface area contributed by atoms with E-state index in [1.165, 1.54) is 10.5 Å². The Morgan fingerprint density at radius 2 is 2.07 bits per heavy atom. The minimum Gasteiger partial charge on any atom is -0.337 e. The first-order valence-corrected chi connectivity index (χ1v) is 10.4. The predicted molar refractivity (Wildman–Crippen MR) is 112 cm³/mol. The molecule has 2 aromatic carbocycles. The number of aryl methyl sites for hydroxylation is 1. The topological polar surface area (TPSA) is 59.2 Å². The summed E-state index contributed by atoms with van der Waals surface area (Å²) in [7, 11) is 0. The quantitative estimate of drug-likeness (QED) is 0.698. The van der Waals surface area contributed by atoms with Gasteiger partial charge in [0.15, 0.2) is 0 Å². The van der Waals surface area contributed by atoms with Gasteiger partial charge in [0.25, 0.3) is 5.91 Å².